The van der Waals surface area contributed by atoms with E-state index in [1.807, 2.05) is 18.3 Å². The van der Waals surface area contributed by atoms with Crippen molar-refractivity contribution in [2.24, 2.45) is 0 Å². The molecule has 2 heterocycles. The summed E-state index contributed by atoms with van der Waals surface area (Å²) in [5.74, 6) is 0. The van der Waals surface area contributed by atoms with Gasteiger partial charge in [0.1, 0.15) is 5.69 Å². The first-order valence-corrected chi connectivity index (χ1v) is 6.05. The van der Waals surface area contributed by atoms with Crippen LogP contribution >= 0.6 is 12.4 Å². The van der Waals surface area contributed by atoms with Crippen LogP contribution in [0.2, 0.25) is 0 Å². The fourth-order valence-corrected chi connectivity index (χ4v) is 1.75. The molecule has 0 N–H and O–H groups in total. The molecule has 0 radical (unpaired) electrons. The number of halogens is 1. The van der Waals surface area contributed by atoms with Gasteiger partial charge in [-0.15, -0.1) is 17.5 Å². The first-order chi connectivity index (χ1) is 8.88. The Hall–Kier alpha value is -1.81. The molecule has 5 heteroatoms. The lowest BCUT2D eigenvalue weighted by Crippen LogP contribution is -1.97. The monoisotopic (exact) mass is 277 g/mol. The molecule has 0 saturated heterocycles. The van der Waals surface area contributed by atoms with Gasteiger partial charge in [-0.3, -0.25) is 9.78 Å². The molecule has 2 rings (SSSR count). The summed E-state index contributed by atoms with van der Waals surface area (Å²) < 4.78 is 0. The van der Waals surface area contributed by atoms with E-state index in [0.29, 0.717) is 12.0 Å². The minimum atomic E-state index is 0. The van der Waals surface area contributed by atoms with E-state index in [0.717, 1.165) is 31.4 Å². The SMILES string of the molecule is Cl.O=Cc1ccc(CCCCc2cccnc2)nn1. The van der Waals surface area contributed by atoms with Crippen LogP contribution in [-0.4, -0.2) is 21.5 Å². The van der Waals surface area contributed by atoms with E-state index < -0.39 is 0 Å². The van der Waals surface area contributed by atoms with Crippen molar-refractivity contribution < 1.29 is 4.79 Å². The lowest BCUT2D eigenvalue weighted by molar-refractivity contribution is 0.111. The van der Waals surface area contributed by atoms with Crippen molar-refractivity contribution in [3.63, 3.8) is 0 Å². The zero-order chi connectivity index (χ0) is 12.6. The maximum Gasteiger partial charge on any atom is 0.170 e. The highest BCUT2D eigenvalue weighted by molar-refractivity contribution is 5.85. The van der Waals surface area contributed by atoms with Crippen LogP contribution < -0.4 is 0 Å². The molecule has 0 fully saturated rings. The third-order valence-corrected chi connectivity index (χ3v) is 2.73. The van der Waals surface area contributed by atoms with Crippen LogP contribution in [0.25, 0.3) is 0 Å². The average Bonchev–Trinajstić information content (AvgIpc) is 2.45. The van der Waals surface area contributed by atoms with Crippen molar-refractivity contribution in [1.82, 2.24) is 15.2 Å². The van der Waals surface area contributed by atoms with Crippen molar-refractivity contribution in [2.75, 3.05) is 0 Å². The molecule has 100 valence electrons. The second kappa shape index (κ2) is 8.32. The average molecular weight is 278 g/mol. The van der Waals surface area contributed by atoms with Gasteiger partial charge in [-0.2, -0.15) is 5.10 Å². The molecular formula is C14H16ClN3O. The van der Waals surface area contributed by atoms with E-state index in [9.17, 15) is 4.79 Å². The summed E-state index contributed by atoms with van der Waals surface area (Å²) in [4.78, 5) is 14.5. The number of carbonyl (C=O) groups is 1. The molecule has 0 aliphatic rings. The number of rotatable bonds is 6. The van der Waals surface area contributed by atoms with Gasteiger partial charge in [-0.05, 0) is 49.4 Å². The highest BCUT2D eigenvalue weighted by Gasteiger charge is 1.98. The number of aryl methyl sites for hydroxylation is 2. The molecule has 0 spiro atoms. The number of hydrogen-bond acceptors (Lipinski definition) is 4. The molecule has 0 aromatic carbocycles. The third-order valence-electron chi connectivity index (χ3n) is 2.73. The molecule has 0 aliphatic heterocycles. The highest BCUT2D eigenvalue weighted by atomic mass is 35.5. The van der Waals surface area contributed by atoms with Gasteiger partial charge in [0, 0.05) is 12.4 Å². The first kappa shape index (κ1) is 15.2. The second-order valence-electron chi connectivity index (χ2n) is 4.14. The van der Waals surface area contributed by atoms with Crippen molar-refractivity contribution in [3.05, 3.63) is 53.6 Å². The van der Waals surface area contributed by atoms with Crippen LogP contribution in [0.3, 0.4) is 0 Å². The maximum absolute atomic E-state index is 10.4. The number of pyridine rings is 1. The molecule has 4 nitrogen and oxygen atoms in total. The van der Waals surface area contributed by atoms with Crippen LogP contribution in [0.5, 0.6) is 0 Å². The Morgan fingerprint density at radius 3 is 2.53 bits per heavy atom. The summed E-state index contributed by atoms with van der Waals surface area (Å²) in [5.41, 5.74) is 2.58. The topological polar surface area (TPSA) is 55.7 Å². The Morgan fingerprint density at radius 2 is 1.89 bits per heavy atom. The molecule has 0 saturated carbocycles. The minimum absolute atomic E-state index is 0. The standard InChI is InChI=1S/C14H15N3O.ClH/c18-11-14-8-7-13(16-17-14)6-2-1-4-12-5-3-9-15-10-12;/h3,5,7-11H,1-2,4,6H2;1H. The van der Waals surface area contributed by atoms with Gasteiger partial charge >= 0.3 is 0 Å². The minimum Gasteiger partial charge on any atom is -0.296 e. The van der Waals surface area contributed by atoms with Crippen molar-refractivity contribution in [1.29, 1.82) is 0 Å². The summed E-state index contributed by atoms with van der Waals surface area (Å²) in [6.07, 6.45) is 8.48. The normalized spacial score (nSPS) is 9.68. The molecular weight excluding hydrogens is 262 g/mol. The Balaban J connectivity index is 0.00000180. The van der Waals surface area contributed by atoms with Crippen molar-refractivity contribution in [3.8, 4) is 0 Å². The molecule has 0 aliphatic carbocycles. The number of unbranched alkanes of at least 4 members (excludes halogenated alkanes) is 1. The molecule has 0 bridgehead atoms. The van der Waals surface area contributed by atoms with Crippen molar-refractivity contribution in [2.45, 2.75) is 25.7 Å². The third kappa shape index (κ3) is 5.14. The van der Waals surface area contributed by atoms with Crippen LogP contribution in [0.1, 0.15) is 34.6 Å². The van der Waals surface area contributed by atoms with Crippen LogP contribution in [0.15, 0.2) is 36.7 Å². The Labute approximate surface area is 118 Å². The van der Waals surface area contributed by atoms with E-state index in [2.05, 4.69) is 21.2 Å². The van der Waals surface area contributed by atoms with E-state index in [1.54, 1.807) is 12.3 Å². The van der Waals surface area contributed by atoms with Gasteiger partial charge in [0.15, 0.2) is 6.29 Å². The van der Waals surface area contributed by atoms with Gasteiger partial charge in [-0.25, -0.2) is 0 Å². The fourth-order valence-electron chi connectivity index (χ4n) is 1.75. The zero-order valence-corrected chi connectivity index (χ0v) is 11.3. The second-order valence-corrected chi connectivity index (χ2v) is 4.14. The first-order valence-electron chi connectivity index (χ1n) is 6.05. The van der Waals surface area contributed by atoms with Gasteiger partial charge in [0.2, 0.25) is 0 Å². The highest BCUT2D eigenvalue weighted by Crippen LogP contribution is 2.06. The lowest BCUT2D eigenvalue weighted by atomic mass is 10.1. The number of aldehydes is 1. The predicted molar refractivity (Wildman–Crippen MR) is 75.5 cm³/mol. The molecule has 0 amide bonds. The predicted octanol–water partition coefficient (Wildman–Crippen LogP) is 2.67. The van der Waals surface area contributed by atoms with E-state index in [1.165, 1.54) is 5.56 Å². The smallest absolute Gasteiger partial charge is 0.170 e. The van der Waals surface area contributed by atoms with Crippen LogP contribution in [-0.2, 0) is 12.8 Å². The van der Waals surface area contributed by atoms with E-state index >= 15 is 0 Å². The largest absolute Gasteiger partial charge is 0.296 e. The van der Waals surface area contributed by atoms with E-state index in [4.69, 9.17) is 0 Å². The van der Waals surface area contributed by atoms with Gasteiger partial charge in [0.05, 0.1) is 5.69 Å². The summed E-state index contributed by atoms with van der Waals surface area (Å²) in [6.45, 7) is 0. The maximum atomic E-state index is 10.4. The van der Waals surface area contributed by atoms with Gasteiger partial charge < -0.3 is 0 Å². The Kier molecular flexibility index (Phi) is 6.68. The summed E-state index contributed by atoms with van der Waals surface area (Å²) in [6, 6.07) is 7.61. The van der Waals surface area contributed by atoms with Crippen LogP contribution in [0, 0.1) is 0 Å². The summed E-state index contributed by atoms with van der Waals surface area (Å²) >= 11 is 0. The number of nitrogens with zero attached hydrogens (tertiary/aromatic N) is 3. The van der Waals surface area contributed by atoms with Crippen LogP contribution in [0.4, 0.5) is 0 Å². The molecule has 2 aromatic heterocycles. The fraction of sp³-hybridized carbons (Fsp3) is 0.286. The number of carbonyl (C=O) groups excluding carboxylic acids is 1. The lowest BCUT2D eigenvalue weighted by Gasteiger charge is -2.01. The Bertz CT molecular complexity index is 488. The molecule has 0 atom stereocenters. The molecule has 2 aromatic rings. The summed E-state index contributed by atoms with van der Waals surface area (Å²) in [7, 11) is 0. The van der Waals surface area contributed by atoms with E-state index in [-0.39, 0.29) is 12.4 Å². The van der Waals surface area contributed by atoms with Gasteiger partial charge in [-0.1, -0.05) is 6.07 Å². The number of hydrogen-bond donors (Lipinski definition) is 0. The molecule has 0 unspecified atom stereocenters. The number of aromatic nitrogens is 3. The summed E-state index contributed by atoms with van der Waals surface area (Å²) in [5, 5.41) is 7.81. The zero-order valence-electron chi connectivity index (χ0n) is 10.5. The molecule has 19 heavy (non-hydrogen) atoms. The van der Waals surface area contributed by atoms with Gasteiger partial charge in [0.25, 0.3) is 0 Å². The quantitative estimate of drug-likeness (QED) is 0.602. The van der Waals surface area contributed by atoms with Crippen molar-refractivity contribution >= 4 is 18.7 Å². The Morgan fingerprint density at radius 1 is 1.05 bits per heavy atom.